The molecule has 0 radical (unpaired) electrons. The number of nitrogens with one attached hydrogen (secondary N) is 1. The van der Waals surface area contributed by atoms with Crippen molar-refractivity contribution >= 4 is 15.9 Å². The van der Waals surface area contributed by atoms with Gasteiger partial charge in [0.2, 0.25) is 10.0 Å². The number of ether oxygens (including phenoxy) is 1. The molecule has 180 valence electrons. The summed E-state index contributed by atoms with van der Waals surface area (Å²) in [5.74, 6) is 0.481. The largest absolute Gasteiger partial charge is 0.495 e. The Balaban J connectivity index is 1.83. The summed E-state index contributed by atoms with van der Waals surface area (Å²) in [5.41, 5.74) is 2.45. The van der Waals surface area contributed by atoms with Crippen molar-refractivity contribution in [3.8, 4) is 5.75 Å². The van der Waals surface area contributed by atoms with Crippen LogP contribution >= 0.6 is 0 Å². The van der Waals surface area contributed by atoms with Crippen molar-refractivity contribution in [3.05, 3.63) is 59.2 Å². The van der Waals surface area contributed by atoms with Crippen LogP contribution in [-0.4, -0.2) is 57.8 Å². The van der Waals surface area contributed by atoms with Crippen LogP contribution < -0.4 is 10.1 Å². The van der Waals surface area contributed by atoms with E-state index in [1.807, 2.05) is 38.4 Å². The topological polar surface area (TPSA) is 79.0 Å². The van der Waals surface area contributed by atoms with E-state index >= 15 is 0 Å². The van der Waals surface area contributed by atoms with E-state index in [2.05, 4.69) is 24.1 Å². The number of carbonyl (C=O) groups excluding carboxylic acids is 1. The number of benzene rings is 2. The number of sulfonamides is 1. The summed E-state index contributed by atoms with van der Waals surface area (Å²) in [7, 11) is 1.65. The van der Waals surface area contributed by atoms with Crippen molar-refractivity contribution in [1.82, 2.24) is 14.5 Å². The SMILES string of the molecule is COc1ccc(C(=O)NCc2ccccc2CN(C)C)cc1S(=O)(=O)N1C[C@H](C)C[C@H](C)C1. The molecule has 1 aliphatic heterocycles. The molecular weight excluding hydrogens is 438 g/mol. The second-order valence-electron chi connectivity index (χ2n) is 9.32. The first-order chi connectivity index (χ1) is 15.6. The van der Waals surface area contributed by atoms with Gasteiger partial charge in [-0.25, -0.2) is 8.42 Å². The lowest BCUT2D eigenvalue weighted by Gasteiger charge is -2.34. The van der Waals surface area contributed by atoms with Gasteiger partial charge in [-0.15, -0.1) is 0 Å². The van der Waals surface area contributed by atoms with Crippen LogP contribution in [0.2, 0.25) is 0 Å². The number of hydrogen-bond acceptors (Lipinski definition) is 5. The van der Waals surface area contributed by atoms with Crippen molar-refractivity contribution in [2.75, 3.05) is 34.3 Å². The minimum Gasteiger partial charge on any atom is -0.495 e. The van der Waals surface area contributed by atoms with E-state index in [1.54, 1.807) is 12.1 Å². The lowest BCUT2D eigenvalue weighted by Crippen LogP contribution is -2.42. The Bertz CT molecular complexity index is 1070. The fraction of sp³-hybridized carbons (Fsp3) is 0.480. The first-order valence-electron chi connectivity index (χ1n) is 11.3. The minimum atomic E-state index is -3.79. The predicted octanol–water partition coefficient (Wildman–Crippen LogP) is 3.35. The number of nitrogens with zero attached hydrogens (tertiary/aromatic N) is 2. The summed E-state index contributed by atoms with van der Waals surface area (Å²) in [6.45, 7) is 6.19. The van der Waals surface area contributed by atoms with E-state index in [4.69, 9.17) is 4.74 Å². The fourth-order valence-corrected chi connectivity index (χ4v) is 6.32. The molecule has 2 aromatic carbocycles. The Kier molecular flexibility index (Phi) is 8.15. The third-order valence-corrected chi connectivity index (χ3v) is 7.78. The average Bonchev–Trinajstić information content (AvgIpc) is 2.76. The van der Waals surface area contributed by atoms with E-state index in [-0.39, 0.29) is 34.0 Å². The number of piperidine rings is 1. The van der Waals surface area contributed by atoms with Crippen molar-refractivity contribution in [2.45, 2.75) is 38.3 Å². The molecular formula is C25H35N3O4S. The molecule has 0 unspecified atom stereocenters. The van der Waals surface area contributed by atoms with Gasteiger partial charge in [-0.05, 0) is 61.7 Å². The molecule has 0 bridgehead atoms. The summed E-state index contributed by atoms with van der Waals surface area (Å²) in [5, 5.41) is 2.93. The van der Waals surface area contributed by atoms with E-state index in [0.717, 1.165) is 24.1 Å². The number of rotatable bonds is 8. The molecule has 2 atom stereocenters. The number of amides is 1. The summed E-state index contributed by atoms with van der Waals surface area (Å²) >= 11 is 0. The van der Waals surface area contributed by atoms with Gasteiger partial charge < -0.3 is 15.0 Å². The van der Waals surface area contributed by atoms with Crippen molar-refractivity contribution < 1.29 is 17.9 Å². The molecule has 1 N–H and O–H groups in total. The first kappa shape index (κ1) is 25.2. The summed E-state index contributed by atoms with van der Waals surface area (Å²) in [6, 6.07) is 12.5. The van der Waals surface area contributed by atoms with E-state index < -0.39 is 10.0 Å². The Morgan fingerprint density at radius 2 is 1.73 bits per heavy atom. The normalized spacial score (nSPS) is 19.5. The molecule has 0 saturated carbocycles. The lowest BCUT2D eigenvalue weighted by atomic mass is 9.94. The van der Waals surface area contributed by atoms with E-state index in [1.165, 1.54) is 17.5 Å². The van der Waals surface area contributed by atoms with Crippen LogP contribution in [0, 0.1) is 11.8 Å². The van der Waals surface area contributed by atoms with Gasteiger partial charge in [0.25, 0.3) is 5.91 Å². The van der Waals surface area contributed by atoms with Crippen LogP contribution in [0.15, 0.2) is 47.4 Å². The number of methoxy groups -OCH3 is 1. The maximum Gasteiger partial charge on any atom is 0.251 e. The highest BCUT2D eigenvalue weighted by atomic mass is 32.2. The summed E-state index contributed by atoms with van der Waals surface area (Å²) in [6.07, 6.45) is 1.00. The third kappa shape index (κ3) is 6.13. The van der Waals surface area contributed by atoms with E-state index in [9.17, 15) is 13.2 Å². The van der Waals surface area contributed by atoms with Crippen LogP contribution in [-0.2, 0) is 23.1 Å². The van der Waals surface area contributed by atoms with Crippen LogP contribution in [0.25, 0.3) is 0 Å². The van der Waals surface area contributed by atoms with Gasteiger partial charge in [0, 0.05) is 31.7 Å². The van der Waals surface area contributed by atoms with Gasteiger partial charge in [0.1, 0.15) is 10.6 Å². The average molecular weight is 474 g/mol. The molecule has 0 aliphatic carbocycles. The molecule has 1 fully saturated rings. The van der Waals surface area contributed by atoms with Gasteiger partial charge in [0.15, 0.2) is 0 Å². The number of hydrogen-bond donors (Lipinski definition) is 1. The van der Waals surface area contributed by atoms with Gasteiger partial charge >= 0.3 is 0 Å². The third-order valence-electron chi connectivity index (χ3n) is 5.92. The second-order valence-corrected chi connectivity index (χ2v) is 11.2. The zero-order chi connectivity index (χ0) is 24.2. The van der Waals surface area contributed by atoms with Crippen molar-refractivity contribution in [1.29, 1.82) is 0 Å². The van der Waals surface area contributed by atoms with Gasteiger partial charge in [-0.3, -0.25) is 4.79 Å². The fourth-order valence-electron chi connectivity index (χ4n) is 4.46. The standard InChI is InChI=1S/C25H35N3O4S/c1-18-12-19(2)16-28(15-18)33(30,31)24-13-20(10-11-23(24)32-5)25(29)26-14-21-8-6-7-9-22(21)17-27(3)4/h6-11,13,18-19H,12,14-17H2,1-5H3,(H,26,29)/t18-,19+. The molecule has 1 aliphatic rings. The van der Waals surface area contributed by atoms with Gasteiger partial charge in [-0.2, -0.15) is 4.31 Å². The number of carbonyl (C=O) groups is 1. The molecule has 1 heterocycles. The van der Waals surface area contributed by atoms with Crippen LogP contribution in [0.3, 0.4) is 0 Å². The lowest BCUT2D eigenvalue weighted by molar-refractivity contribution is 0.0950. The maximum atomic E-state index is 13.5. The van der Waals surface area contributed by atoms with E-state index in [0.29, 0.717) is 19.6 Å². The predicted molar refractivity (Wildman–Crippen MR) is 130 cm³/mol. The Morgan fingerprint density at radius 3 is 2.33 bits per heavy atom. The molecule has 0 spiro atoms. The molecule has 0 aromatic heterocycles. The highest BCUT2D eigenvalue weighted by Crippen LogP contribution is 2.32. The monoisotopic (exact) mass is 473 g/mol. The van der Waals surface area contributed by atoms with Crippen molar-refractivity contribution in [2.24, 2.45) is 11.8 Å². The van der Waals surface area contributed by atoms with Crippen LogP contribution in [0.5, 0.6) is 5.75 Å². The highest BCUT2D eigenvalue weighted by Gasteiger charge is 2.34. The van der Waals surface area contributed by atoms with Crippen LogP contribution in [0.4, 0.5) is 0 Å². The Hall–Kier alpha value is -2.42. The highest BCUT2D eigenvalue weighted by molar-refractivity contribution is 7.89. The second kappa shape index (κ2) is 10.7. The molecule has 33 heavy (non-hydrogen) atoms. The molecule has 2 aromatic rings. The quantitative estimate of drug-likeness (QED) is 0.636. The molecule has 1 saturated heterocycles. The van der Waals surface area contributed by atoms with Gasteiger partial charge in [0.05, 0.1) is 7.11 Å². The van der Waals surface area contributed by atoms with Crippen LogP contribution in [0.1, 0.15) is 41.8 Å². The molecule has 7 nitrogen and oxygen atoms in total. The summed E-state index contributed by atoms with van der Waals surface area (Å²) in [4.78, 5) is 15.0. The Morgan fingerprint density at radius 1 is 1.09 bits per heavy atom. The molecule has 1 amide bonds. The summed E-state index contributed by atoms with van der Waals surface area (Å²) < 4.78 is 33.8. The van der Waals surface area contributed by atoms with Crippen molar-refractivity contribution in [3.63, 3.8) is 0 Å². The van der Waals surface area contributed by atoms with Gasteiger partial charge in [-0.1, -0.05) is 38.1 Å². The zero-order valence-electron chi connectivity index (χ0n) is 20.2. The first-order valence-corrected chi connectivity index (χ1v) is 12.7. The molecule has 3 rings (SSSR count). The smallest absolute Gasteiger partial charge is 0.251 e. The molecule has 8 heteroatoms. The minimum absolute atomic E-state index is 0.0342. The zero-order valence-corrected chi connectivity index (χ0v) is 21.0. The Labute approximate surface area is 197 Å². The maximum absolute atomic E-state index is 13.5.